The maximum absolute atomic E-state index is 11.8. The van der Waals surface area contributed by atoms with E-state index in [-0.39, 0.29) is 25.9 Å². The summed E-state index contributed by atoms with van der Waals surface area (Å²) in [6.45, 7) is 4.34. The predicted octanol–water partition coefficient (Wildman–Crippen LogP) is -0.428. The number of nitrogens with zero attached hydrogens (tertiary/aromatic N) is 1. The van der Waals surface area contributed by atoms with Gasteiger partial charge in [0.2, 0.25) is 0 Å². The molecule has 88 valence electrons. The Labute approximate surface area is 89.6 Å². The zero-order valence-electron chi connectivity index (χ0n) is 9.27. The lowest BCUT2D eigenvalue weighted by atomic mass is 9.87. The van der Waals surface area contributed by atoms with E-state index in [0.717, 1.165) is 0 Å². The van der Waals surface area contributed by atoms with Crippen molar-refractivity contribution in [1.82, 2.24) is 4.90 Å². The van der Waals surface area contributed by atoms with Crippen molar-refractivity contribution in [3.05, 3.63) is 0 Å². The molecule has 0 spiro atoms. The topological polar surface area (TPSA) is 70.0 Å². The van der Waals surface area contributed by atoms with Crippen molar-refractivity contribution in [2.24, 2.45) is 5.41 Å². The molecule has 1 atom stereocenters. The average Bonchev–Trinajstić information content (AvgIpc) is 2.57. The van der Waals surface area contributed by atoms with Crippen molar-refractivity contribution in [3.8, 4) is 0 Å². The Morgan fingerprint density at radius 1 is 1.53 bits per heavy atom. The highest BCUT2D eigenvalue weighted by Gasteiger charge is 2.42. The van der Waals surface area contributed by atoms with Crippen molar-refractivity contribution in [2.45, 2.75) is 26.4 Å². The lowest BCUT2D eigenvalue weighted by Crippen LogP contribution is -2.41. The molecule has 0 aromatic heterocycles. The Bertz CT molecular complexity index is 229. The zero-order valence-corrected chi connectivity index (χ0v) is 9.27. The number of carbonyl (C=O) groups excluding carboxylic acids is 1. The van der Waals surface area contributed by atoms with Gasteiger partial charge in [-0.3, -0.25) is 4.79 Å². The SMILES string of the molecule is CC(C)(CO)[C@H]1OCN(CCCO)C1=O. The van der Waals surface area contributed by atoms with Crippen LogP contribution in [0.25, 0.3) is 0 Å². The second-order valence-electron chi connectivity index (χ2n) is 4.50. The van der Waals surface area contributed by atoms with Gasteiger partial charge >= 0.3 is 0 Å². The number of aliphatic hydroxyl groups is 2. The van der Waals surface area contributed by atoms with E-state index in [4.69, 9.17) is 14.9 Å². The molecule has 15 heavy (non-hydrogen) atoms. The van der Waals surface area contributed by atoms with Gasteiger partial charge in [0.05, 0.1) is 6.61 Å². The third-order valence-corrected chi connectivity index (χ3v) is 2.64. The minimum atomic E-state index is -0.568. The second-order valence-corrected chi connectivity index (χ2v) is 4.50. The maximum Gasteiger partial charge on any atom is 0.254 e. The van der Waals surface area contributed by atoms with Crippen LogP contribution in [0.3, 0.4) is 0 Å². The van der Waals surface area contributed by atoms with E-state index in [9.17, 15) is 4.79 Å². The van der Waals surface area contributed by atoms with Crippen LogP contribution in [0, 0.1) is 5.41 Å². The van der Waals surface area contributed by atoms with E-state index in [2.05, 4.69) is 0 Å². The quantitative estimate of drug-likeness (QED) is 0.655. The van der Waals surface area contributed by atoms with Crippen LogP contribution in [0.1, 0.15) is 20.3 Å². The first-order chi connectivity index (χ1) is 7.03. The molecule has 2 N–H and O–H groups in total. The molecular weight excluding hydrogens is 198 g/mol. The molecule has 1 amide bonds. The Morgan fingerprint density at radius 3 is 2.73 bits per heavy atom. The van der Waals surface area contributed by atoms with Crippen molar-refractivity contribution in [1.29, 1.82) is 0 Å². The van der Waals surface area contributed by atoms with E-state index < -0.39 is 11.5 Å². The van der Waals surface area contributed by atoms with Crippen LogP contribution in [0.5, 0.6) is 0 Å². The van der Waals surface area contributed by atoms with Crippen LogP contribution in [0.4, 0.5) is 0 Å². The van der Waals surface area contributed by atoms with E-state index >= 15 is 0 Å². The second kappa shape index (κ2) is 4.92. The Kier molecular flexibility index (Phi) is 4.07. The lowest BCUT2D eigenvalue weighted by molar-refractivity contribution is -0.135. The van der Waals surface area contributed by atoms with Gasteiger partial charge in [-0.15, -0.1) is 0 Å². The Morgan fingerprint density at radius 2 is 2.20 bits per heavy atom. The maximum atomic E-state index is 11.8. The normalized spacial score (nSPS) is 22.5. The van der Waals surface area contributed by atoms with Gasteiger partial charge in [-0.05, 0) is 6.42 Å². The highest BCUT2D eigenvalue weighted by atomic mass is 16.5. The van der Waals surface area contributed by atoms with Gasteiger partial charge in [-0.2, -0.15) is 0 Å². The van der Waals surface area contributed by atoms with Gasteiger partial charge in [0.15, 0.2) is 0 Å². The number of carbonyl (C=O) groups is 1. The molecule has 0 radical (unpaired) electrons. The molecule has 1 heterocycles. The standard InChI is InChI=1S/C10H19NO4/c1-10(2,6-13)8-9(14)11(7-15-8)4-3-5-12/h8,12-13H,3-7H2,1-2H3/t8-/m0/s1. The van der Waals surface area contributed by atoms with Crippen molar-refractivity contribution < 1.29 is 19.7 Å². The van der Waals surface area contributed by atoms with Gasteiger partial charge in [0.1, 0.15) is 12.8 Å². The first kappa shape index (κ1) is 12.4. The number of hydrogen-bond donors (Lipinski definition) is 2. The van der Waals surface area contributed by atoms with Crippen LogP contribution < -0.4 is 0 Å². The smallest absolute Gasteiger partial charge is 0.254 e. The third kappa shape index (κ3) is 2.68. The molecule has 1 fully saturated rings. The summed E-state index contributed by atoms with van der Waals surface area (Å²) in [6.07, 6.45) is -0.0114. The minimum absolute atomic E-state index is 0.0673. The summed E-state index contributed by atoms with van der Waals surface area (Å²) in [5.74, 6) is -0.0949. The summed E-state index contributed by atoms with van der Waals surface area (Å²) in [4.78, 5) is 13.4. The van der Waals surface area contributed by atoms with E-state index in [1.54, 1.807) is 18.7 Å². The lowest BCUT2D eigenvalue weighted by Gasteiger charge is -2.26. The van der Waals surface area contributed by atoms with Crippen LogP contribution in [-0.4, -0.2) is 53.6 Å². The average molecular weight is 217 g/mol. The molecule has 1 aliphatic heterocycles. The fourth-order valence-electron chi connectivity index (χ4n) is 1.54. The summed E-state index contributed by atoms with van der Waals surface area (Å²) in [7, 11) is 0. The summed E-state index contributed by atoms with van der Waals surface area (Å²) in [6, 6.07) is 0. The van der Waals surface area contributed by atoms with Crippen molar-refractivity contribution >= 4 is 5.91 Å². The Hall–Kier alpha value is -0.650. The van der Waals surface area contributed by atoms with Gasteiger partial charge in [0, 0.05) is 18.6 Å². The van der Waals surface area contributed by atoms with Gasteiger partial charge in [0.25, 0.3) is 5.91 Å². The summed E-state index contributed by atoms with van der Waals surface area (Å²) < 4.78 is 5.37. The van der Waals surface area contributed by atoms with Gasteiger partial charge < -0.3 is 19.8 Å². The van der Waals surface area contributed by atoms with E-state index in [1.165, 1.54) is 0 Å². The minimum Gasteiger partial charge on any atom is -0.396 e. The fraction of sp³-hybridized carbons (Fsp3) is 0.900. The summed E-state index contributed by atoms with van der Waals surface area (Å²) in [5, 5.41) is 17.8. The number of hydrogen-bond acceptors (Lipinski definition) is 4. The van der Waals surface area contributed by atoms with Gasteiger partial charge in [-0.1, -0.05) is 13.8 Å². The highest BCUT2D eigenvalue weighted by Crippen LogP contribution is 2.28. The van der Waals surface area contributed by atoms with Crippen LogP contribution in [0.15, 0.2) is 0 Å². The summed E-state index contributed by atoms with van der Waals surface area (Å²) >= 11 is 0. The van der Waals surface area contributed by atoms with Crippen molar-refractivity contribution in [3.63, 3.8) is 0 Å². The van der Waals surface area contributed by atoms with Crippen LogP contribution in [-0.2, 0) is 9.53 Å². The molecule has 0 aliphatic carbocycles. The zero-order chi connectivity index (χ0) is 11.5. The molecule has 0 aromatic carbocycles. The number of ether oxygens (including phenoxy) is 1. The number of rotatable bonds is 5. The molecular formula is C10H19NO4. The van der Waals surface area contributed by atoms with Gasteiger partial charge in [-0.25, -0.2) is 0 Å². The molecule has 0 aromatic rings. The highest BCUT2D eigenvalue weighted by molar-refractivity contribution is 5.83. The predicted molar refractivity (Wildman–Crippen MR) is 54.0 cm³/mol. The van der Waals surface area contributed by atoms with E-state index in [0.29, 0.717) is 13.0 Å². The Balaban J connectivity index is 2.56. The molecule has 0 saturated carbocycles. The molecule has 0 unspecified atom stereocenters. The molecule has 5 heteroatoms. The van der Waals surface area contributed by atoms with Crippen molar-refractivity contribution in [2.75, 3.05) is 26.5 Å². The monoisotopic (exact) mass is 217 g/mol. The first-order valence-electron chi connectivity index (χ1n) is 5.15. The number of aliphatic hydroxyl groups excluding tert-OH is 2. The van der Waals surface area contributed by atoms with E-state index in [1.807, 2.05) is 0 Å². The number of amides is 1. The van der Waals surface area contributed by atoms with Crippen LogP contribution >= 0.6 is 0 Å². The molecule has 1 aliphatic rings. The molecule has 0 bridgehead atoms. The molecule has 1 rings (SSSR count). The molecule has 5 nitrogen and oxygen atoms in total. The van der Waals surface area contributed by atoms with Crippen LogP contribution in [0.2, 0.25) is 0 Å². The largest absolute Gasteiger partial charge is 0.396 e. The third-order valence-electron chi connectivity index (χ3n) is 2.64. The first-order valence-corrected chi connectivity index (χ1v) is 5.15. The molecule has 1 saturated heterocycles. The fourth-order valence-corrected chi connectivity index (χ4v) is 1.54. The summed E-state index contributed by atoms with van der Waals surface area (Å²) in [5.41, 5.74) is -0.551.